The molecular weight excluding hydrogens is 236 g/mol. The molecule has 0 amide bonds. The maximum atomic E-state index is 10.8. The minimum absolute atomic E-state index is 0.0967. The van der Waals surface area contributed by atoms with Gasteiger partial charge in [0.2, 0.25) is 0 Å². The molecule has 0 aliphatic heterocycles. The molecule has 0 saturated carbocycles. The van der Waals surface area contributed by atoms with Crippen LogP contribution in [0, 0.1) is 0 Å². The number of hydrogen-bond acceptors (Lipinski definition) is 4. The van der Waals surface area contributed by atoms with E-state index in [-0.39, 0.29) is 12.2 Å². The van der Waals surface area contributed by atoms with Crippen molar-refractivity contribution in [2.24, 2.45) is 0 Å². The molecule has 18 heavy (non-hydrogen) atoms. The van der Waals surface area contributed by atoms with Crippen molar-refractivity contribution < 1.29 is 24.5 Å². The number of benzene rings is 1. The lowest BCUT2D eigenvalue weighted by Crippen LogP contribution is -2.28. The Morgan fingerprint density at radius 3 is 2.44 bits per heavy atom. The normalized spacial score (nSPS) is 11.1. The minimum Gasteiger partial charge on any atom is -0.490 e. The number of ether oxygens (including phenoxy) is 2. The van der Waals surface area contributed by atoms with Crippen LogP contribution >= 0.6 is 0 Å². The van der Waals surface area contributed by atoms with Crippen molar-refractivity contribution in [3.63, 3.8) is 0 Å². The molecule has 0 bridgehead atoms. The summed E-state index contributed by atoms with van der Waals surface area (Å²) in [4.78, 5) is 10.8. The van der Waals surface area contributed by atoms with Gasteiger partial charge in [0.15, 0.2) is 11.5 Å². The van der Waals surface area contributed by atoms with E-state index < -0.39 is 11.6 Å². The Morgan fingerprint density at radius 2 is 1.94 bits per heavy atom. The quantitative estimate of drug-likeness (QED) is 0.811. The lowest BCUT2D eigenvalue weighted by Gasteiger charge is -2.19. The van der Waals surface area contributed by atoms with Gasteiger partial charge in [0.25, 0.3) is 0 Å². The van der Waals surface area contributed by atoms with Crippen LogP contribution in [0.2, 0.25) is 0 Å². The number of carboxylic acids is 1. The second kappa shape index (κ2) is 5.73. The van der Waals surface area contributed by atoms with Crippen LogP contribution in [0.4, 0.5) is 0 Å². The first-order valence-electron chi connectivity index (χ1n) is 5.69. The van der Waals surface area contributed by atoms with Gasteiger partial charge in [-0.25, -0.2) is 4.79 Å². The molecule has 0 spiro atoms. The first-order chi connectivity index (χ1) is 8.33. The summed E-state index contributed by atoms with van der Waals surface area (Å²) in [5.41, 5.74) is -0.830. The van der Waals surface area contributed by atoms with Crippen molar-refractivity contribution in [1.82, 2.24) is 0 Å². The molecular formula is C13H18O5. The SMILES string of the molecule is CCOc1cc(C(=O)O)ccc1OCC(C)(C)O. The van der Waals surface area contributed by atoms with Crippen LogP contribution < -0.4 is 9.47 Å². The van der Waals surface area contributed by atoms with Gasteiger partial charge in [-0.2, -0.15) is 0 Å². The van der Waals surface area contributed by atoms with Gasteiger partial charge in [0, 0.05) is 0 Å². The predicted molar refractivity (Wildman–Crippen MR) is 66.4 cm³/mol. The molecule has 0 heterocycles. The third-order valence-corrected chi connectivity index (χ3v) is 2.07. The molecule has 0 atom stereocenters. The maximum Gasteiger partial charge on any atom is 0.335 e. The van der Waals surface area contributed by atoms with E-state index in [2.05, 4.69) is 0 Å². The Kier molecular flexibility index (Phi) is 4.55. The molecule has 0 aromatic heterocycles. The predicted octanol–water partition coefficient (Wildman–Crippen LogP) is 1.93. The first kappa shape index (κ1) is 14.3. The summed E-state index contributed by atoms with van der Waals surface area (Å²) >= 11 is 0. The molecule has 5 heteroatoms. The molecule has 5 nitrogen and oxygen atoms in total. The maximum absolute atomic E-state index is 10.8. The second-order valence-corrected chi connectivity index (χ2v) is 4.50. The molecule has 1 aromatic carbocycles. The van der Waals surface area contributed by atoms with E-state index in [0.29, 0.717) is 18.1 Å². The number of rotatable bonds is 6. The van der Waals surface area contributed by atoms with E-state index in [4.69, 9.17) is 14.6 Å². The average molecular weight is 254 g/mol. The summed E-state index contributed by atoms with van der Waals surface area (Å²) in [5.74, 6) is -0.240. The molecule has 1 rings (SSSR count). The fourth-order valence-corrected chi connectivity index (χ4v) is 1.28. The third kappa shape index (κ3) is 4.25. The lowest BCUT2D eigenvalue weighted by atomic mass is 10.1. The number of aromatic carboxylic acids is 1. The summed E-state index contributed by atoms with van der Waals surface area (Å²) in [6.07, 6.45) is 0. The van der Waals surface area contributed by atoms with E-state index in [1.165, 1.54) is 18.2 Å². The van der Waals surface area contributed by atoms with Crippen LogP contribution in [0.25, 0.3) is 0 Å². The van der Waals surface area contributed by atoms with Crippen molar-refractivity contribution in [3.8, 4) is 11.5 Å². The van der Waals surface area contributed by atoms with Crippen LogP contribution in [0.3, 0.4) is 0 Å². The van der Waals surface area contributed by atoms with Crippen LogP contribution in [0.15, 0.2) is 18.2 Å². The lowest BCUT2D eigenvalue weighted by molar-refractivity contribution is 0.0274. The summed E-state index contributed by atoms with van der Waals surface area (Å²) in [5, 5.41) is 18.5. The van der Waals surface area contributed by atoms with Crippen LogP contribution in [-0.2, 0) is 0 Å². The molecule has 0 saturated heterocycles. The highest BCUT2D eigenvalue weighted by Crippen LogP contribution is 2.29. The van der Waals surface area contributed by atoms with E-state index >= 15 is 0 Å². The van der Waals surface area contributed by atoms with Crippen LogP contribution in [0.1, 0.15) is 31.1 Å². The van der Waals surface area contributed by atoms with Gasteiger partial charge in [-0.3, -0.25) is 0 Å². The first-order valence-corrected chi connectivity index (χ1v) is 5.69. The fourth-order valence-electron chi connectivity index (χ4n) is 1.28. The van der Waals surface area contributed by atoms with E-state index in [1.54, 1.807) is 20.8 Å². The monoisotopic (exact) mass is 254 g/mol. The Bertz CT molecular complexity index is 420. The summed E-state index contributed by atoms with van der Waals surface area (Å²) < 4.78 is 10.7. The zero-order valence-electron chi connectivity index (χ0n) is 10.8. The van der Waals surface area contributed by atoms with Crippen molar-refractivity contribution >= 4 is 5.97 Å². The molecule has 100 valence electrons. The number of carbonyl (C=O) groups is 1. The van der Waals surface area contributed by atoms with Gasteiger partial charge in [-0.1, -0.05) is 0 Å². The van der Waals surface area contributed by atoms with Crippen molar-refractivity contribution in [1.29, 1.82) is 0 Å². The van der Waals surface area contributed by atoms with E-state index in [1.807, 2.05) is 0 Å². The van der Waals surface area contributed by atoms with Gasteiger partial charge in [0.05, 0.1) is 17.8 Å². The van der Waals surface area contributed by atoms with Crippen molar-refractivity contribution in [3.05, 3.63) is 23.8 Å². The minimum atomic E-state index is -1.02. The summed E-state index contributed by atoms with van der Waals surface area (Å²) in [6.45, 7) is 5.55. The largest absolute Gasteiger partial charge is 0.490 e. The van der Waals surface area contributed by atoms with Crippen LogP contribution in [0.5, 0.6) is 11.5 Å². The Balaban J connectivity index is 2.92. The number of hydrogen-bond donors (Lipinski definition) is 2. The zero-order valence-corrected chi connectivity index (χ0v) is 10.8. The van der Waals surface area contributed by atoms with E-state index in [0.717, 1.165) is 0 Å². The van der Waals surface area contributed by atoms with Gasteiger partial charge in [-0.15, -0.1) is 0 Å². The molecule has 0 radical (unpaired) electrons. The number of aliphatic hydroxyl groups is 1. The zero-order chi connectivity index (χ0) is 13.8. The molecule has 0 aliphatic carbocycles. The fraction of sp³-hybridized carbons (Fsp3) is 0.462. The molecule has 2 N–H and O–H groups in total. The summed E-state index contributed by atoms with van der Waals surface area (Å²) in [6, 6.07) is 4.37. The Labute approximate surface area is 106 Å². The number of carboxylic acid groups (broad SMARTS) is 1. The van der Waals surface area contributed by atoms with Gasteiger partial charge < -0.3 is 19.7 Å². The highest BCUT2D eigenvalue weighted by atomic mass is 16.5. The smallest absolute Gasteiger partial charge is 0.335 e. The molecule has 0 aliphatic rings. The highest BCUT2D eigenvalue weighted by Gasteiger charge is 2.16. The molecule has 1 aromatic rings. The van der Waals surface area contributed by atoms with Gasteiger partial charge >= 0.3 is 5.97 Å². The van der Waals surface area contributed by atoms with Crippen molar-refractivity contribution in [2.45, 2.75) is 26.4 Å². The summed E-state index contributed by atoms with van der Waals surface area (Å²) in [7, 11) is 0. The Morgan fingerprint density at radius 1 is 1.28 bits per heavy atom. The topological polar surface area (TPSA) is 76.0 Å². The Hall–Kier alpha value is -1.75. The second-order valence-electron chi connectivity index (χ2n) is 4.50. The van der Waals surface area contributed by atoms with Crippen molar-refractivity contribution in [2.75, 3.05) is 13.2 Å². The molecule has 0 fully saturated rings. The standard InChI is InChI=1S/C13H18O5/c1-4-17-11-7-9(12(14)15)5-6-10(11)18-8-13(2,3)16/h5-7,16H,4,8H2,1-3H3,(H,14,15). The third-order valence-electron chi connectivity index (χ3n) is 2.07. The molecule has 0 unspecified atom stereocenters. The van der Waals surface area contributed by atoms with Crippen LogP contribution in [-0.4, -0.2) is 35.0 Å². The van der Waals surface area contributed by atoms with Gasteiger partial charge in [0.1, 0.15) is 6.61 Å². The van der Waals surface area contributed by atoms with E-state index in [9.17, 15) is 9.90 Å². The average Bonchev–Trinajstić information content (AvgIpc) is 2.26. The van der Waals surface area contributed by atoms with Gasteiger partial charge in [-0.05, 0) is 39.0 Å². The highest BCUT2D eigenvalue weighted by molar-refractivity contribution is 5.88.